The van der Waals surface area contributed by atoms with Crippen LogP contribution in [0.5, 0.6) is 11.5 Å². The first-order valence-electron chi connectivity index (χ1n) is 6.39. The van der Waals surface area contributed by atoms with Crippen molar-refractivity contribution < 1.29 is 9.47 Å². The Morgan fingerprint density at radius 2 is 2.29 bits per heavy atom. The minimum Gasteiger partial charge on any atom is -0.496 e. The highest BCUT2D eigenvalue weighted by molar-refractivity contribution is 5.77. The van der Waals surface area contributed by atoms with Crippen LogP contribution in [0.2, 0.25) is 0 Å². The molecule has 0 amide bonds. The van der Waals surface area contributed by atoms with Gasteiger partial charge in [0.05, 0.1) is 18.9 Å². The number of hydrogen-bond donors (Lipinski definition) is 1. The Hall–Kier alpha value is -2.89. The monoisotopic (exact) mass is 282 g/mol. The Balaban J connectivity index is 2.07. The largest absolute Gasteiger partial charge is 0.496 e. The van der Waals surface area contributed by atoms with Crippen molar-refractivity contribution in [2.24, 2.45) is 0 Å². The van der Waals surface area contributed by atoms with Gasteiger partial charge in [-0.25, -0.2) is 15.0 Å². The average molecular weight is 282 g/mol. The lowest BCUT2D eigenvalue weighted by Crippen LogP contribution is -1.95. The summed E-state index contributed by atoms with van der Waals surface area (Å²) in [7, 11) is 1.62. The smallest absolute Gasteiger partial charge is 0.181 e. The van der Waals surface area contributed by atoms with E-state index in [1.165, 1.54) is 6.33 Å². The molecule has 0 fully saturated rings. The zero-order chi connectivity index (χ0) is 14.7. The molecule has 106 valence electrons. The zero-order valence-electron chi connectivity index (χ0n) is 11.5. The summed E-state index contributed by atoms with van der Waals surface area (Å²) < 4.78 is 10.9. The lowest BCUT2D eigenvalue weighted by atomic mass is 10.2. The fourth-order valence-corrected chi connectivity index (χ4v) is 2.01. The van der Waals surface area contributed by atoms with Crippen molar-refractivity contribution in [2.45, 2.75) is 0 Å². The highest BCUT2D eigenvalue weighted by atomic mass is 16.5. The molecule has 0 spiro atoms. The van der Waals surface area contributed by atoms with Gasteiger partial charge in [0, 0.05) is 0 Å². The number of hydrogen-bond acceptors (Lipinski definition) is 5. The third kappa shape index (κ3) is 2.55. The van der Waals surface area contributed by atoms with Gasteiger partial charge in [-0.15, -0.1) is 0 Å². The van der Waals surface area contributed by atoms with E-state index in [2.05, 4.69) is 26.5 Å². The summed E-state index contributed by atoms with van der Waals surface area (Å²) in [6, 6.07) is 5.55. The molecule has 0 saturated carbocycles. The van der Waals surface area contributed by atoms with Crippen molar-refractivity contribution in [2.75, 3.05) is 13.7 Å². The van der Waals surface area contributed by atoms with Gasteiger partial charge in [-0.2, -0.15) is 0 Å². The summed E-state index contributed by atoms with van der Waals surface area (Å²) >= 11 is 0. The number of benzene rings is 1. The summed E-state index contributed by atoms with van der Waals surface area (Å²) in [6.07, 6.45) is 4.85. The van der Waals surface area contributed by atoms with Crippen LogP contribution >= 0.6 is 0 Å². The van der Waals surface area contributed by atoms with Gasteiger partial charge >= 0.3 is 0 Å². The Bertz CT molecular complexity index is 749. The first kappa shape index (κ1) is 13.1. The number of nitrogens with zero attached hydrogens (tertiary/aromatic N) is 3. The molecule has 2 aromatic heterocycles. The molecule has 6 nitrogen and oxygen atoms in total. The highest BCUT2D eigenvalue weighted by Crippen LogP contribution is 2.32. The topological polar surface area (TPSA) is 72.9 Å². The van der Waals surface area contributed by atoms with Crippen molar-refractivity contribution >= 4 is 11.2 Å². The maximum atomic E-state index is 5.55. The van der Waals surface area contributed by atoms with Crippen molar-refractivity contribution in [1.82, 2.24) is 19.9 Å². The van der Waals surface area contributed by atoms with E-state index in [0.717, 1.165) is 16.8 Å². The van der Waals surface area contributed by atoms with Crippen LogP contribution in [0.3, 0.4) is 0 Å². The third-order valence-electron chi connectivity index (χ3n) is 2.96. The van der Waals surface area contributed by atoms with Gasteiger partial charge in [-0.1, -0.05) is 12.7 Å². The predicted octanol–water partition coefficient (Wildman–Crippen LogP) is 2.59. The number of ether oxygens (including phenoxy) is 2. The van der Waals surface area contributed by atoms with E-state index in [1.54, 1.807) is 19.4 Å². The van der Waals surface area contributed by atoms with Crippen LogP contribution < -0.4 is 9.47 Å². The zero-order valence-corrected chi connectivity index (χ0v) is 11.5. The van der Waals surface area contributed by atoms with Gasteiger partial charge in [-0.3, -0.25) is 0 Å². The van der Waals surface area contributed by atoms with Crippen molar-refractivity contribution in [3.63, 3.8) is 0 Å². The van der Waals surface area contributed by atoms with Gasteiger partial charge in [0.2, 0.25) is 0 Å². The molecule has 0 atom stereocenters. The molecule has 1 aromatic carbocycles. The molecule has 0 aliphatic heterocycles. The van der Waals surface area contributed by atoms with Gasteiger partial charge < -0.3 is 14.5 Å². The summed E-state index contributed by atoms with van der Waals surface area (Å²) in [5, 5.41) is 0. The van der Waals surface area contributed by atoms with E-state index in [4.69, 9.17) is 9.47 Å². The molecule has 0 aliphatic rings. The second kappa shape index (κ2) is 5.62. The molecule has 6 heteroatoms. The number of imidazole rings is 1. The second-order valence-corrected chi connectivity index (χ2v) is 4.31. The van der Waals surface area contributed by atoms with Gasteiger partial charge in [0.15, 0.2) is 5.65 Å². The van der Waals surface area contributed by atoms with Crippen LogP contribution in [0.25, 0.3) is 22.6 Å². The van der Waals surface area contributed by atoms with E-state index in [9.17, 15) is 0 Å². The van der Waals surface area contributed by atoms with Crippen LogP contribution in [0.15, 0.2) is 43.4 Å². The number of nitrogens with one attached hydrogen (secondary N) is 1. The average Bonchev–Trinajstić information content (AvgIpc) is 2.96. The molecule has 0 bridgehead atoms. The molecular formula is C15H14N4O2. The van der Waals surface area contributed by atoms with Crippen LogP contribution in [-0.2, 0) is 0 Å². The van der Waals surface area contributed by atoms with Gasteiger partial charge in [0.1, 0.15) is 35.8 Å². The molecule has 3 aromatic rings. The van der Waals surface area contributed by atoms with Crippen molar-refractivity contribution in [1.29, 1.82) is 0 Å². The fraction of sp³-hybridized carbons (Fsp3) is 0.133. The summed E-state index contributed by atoms with van der Waals surface area (Å²) in [4.78, 5) is 15.7. The predicted molar refractivity (Wildman–Crippen MR) is 79.4 cm³/mol. The molecule has 21 heavy (non-hydrogen) atoms. The second-order valence-electron chi connectivity index (χ2n) is 4.31. The van der Waals surface area contributed by atoms with Crippen LogP contribution in [0.4, 0.5) is 0 Å². The van der Waals surface area contributed by atoms with Crippen molar-refractivity contribution in [3.8, 4) is 22.9 Å². The number of fused-ring (bicyclic) bond motifs is 1. The lowest BCUT2D eigenvalue weighted by Gasteiger charge is -2.09. The first-order valence-corrected chi connectivity index (χ1v) is 6.39. The highest BCUT2D eigenvalue weighted by Gasteiger charge is 2.12. The number of rotatable bonds is 5. The van der Waals surface area contributed by atoms with E-state index in [1.807, 2.05) is 18.2 Å². The third-order valence-corrected chi connectivity index (χ3v) is 2.96. The quantitative estimate of drug-likeness (QED) is 0.728. The number of aromatic amines is 1. The molecule has 3 rings (SSSR count). The first-order chi connectivity index (χ1) is 10.3. The van der Waals surface area contributed by atoms with E-state index >= 15 is 0 Å². The van der Waals surface area contributed by atoms with E-state index in [0.29, 0.717) is 23.8 Å². The Morgan fingerprint density at radius 3 is 3.05 bits per heavy atom. The normalized spacial score (nSPS) is 10.5. The van der Waals surface area contributed by atoms with Crippen LogP contribution in [0.1, 0.15) is 0 Å². The SMILES string of the molecule is C=CCOc1ccc(OC)c(-c2nc3ncncc3[nH]2)c1. The number of aromatic nitrogens is 4. The Kier molecular flexibility index (Phi) is 3.51. The molecule has 0 aliphatic carbocycles. The molecule has 2 heterocycles. The standard InChI is InChI=1S/C15H14N4O2/c1-3-6-21-10-4-5-13(20-2)11(7-10)14-18-12-8-16-9-17-15(12)19-14/h3-5,7-9H,1,6H2,2H3,(H,16,17,18,19). The van der Waals surface area contributed by atoms with E-state index < -0.39 is 0 Å². The molecule has 0 radical (unpaired) electrons. The minimum absolute atomic E-state index is 0.442. The number of methoxy groups -OCH3 is 1. The van der Waals surface area contributed by atoms with Crippen LogP contribution in [0, 0.1) is 0 Å². The molecule has 0 saturated heterocycles. The van der Waals surface area contributed by atoms with Crippen LogP contribution in [-0.4, -0.2) is 33.7 Å². The van der Waals surface area contributed by atoms with Gasteiger partial charge in [0.25, 0.3) is 0 Å². The lowest BCUT2D eigenvalue weighted by molar-refractivity contribution is 0.361. The summed E-state index contributed by atoms with van der Waals surface area (Å²) in [5.41, 5.74) is 2.18. The summed E-state index contributed by atoms with van der Waals surface area (Å²) in [6.45, 7) is 4.08. The summed E-state index contributed by atoms with van der Waals surface area (Å²) in [5.74, 6) is 2.08. The van der Waals surface area contributed by atoms with Gasteiger partial charge in [-0.05, 0) is 18.2 Å². The fourth-order valence-electron chi connectivity index (χ4n) is 2.01. The molecule has 1 N–H and O–H groups in total. The van der Waals surface area contributed by atoms with Crippen molar-refractivity contribution in [3.05, 3.63) is 43.4 Å². The Morgan fingerprint density at radius 1 is 1.38 bits per heavy atom. The minimum atomic E-state index is 0.442. The van der Waals surface area contributed by atoms with E-state index in [-0.39, 0.29) is 0 Å². The maximum Gasteiger partial charge on any atom is 0.181 e. The Labute approximate surface area is 121 Å². The molecular weight excluding hydrogens is 268 g/mol. The number of H-pyrrole nitrogens is 1. The maximum absolute atomic E-state index is 5.55. The molecule has 0 unspecified atom stereocenters.